The number of piperidine rings is 1. The number of nitrogens with zero attached hydrogens (tertiary/aromatic N) is 4. The number of hydrogen-bond donors (Lipinski definition) is 1. The number of nitrogens with one attached hydrogen (secondary N) is 1. The highest BCUT2D eigenvalue weighted by Gasteiger charge is 2.28. The summed E-state index contributed by atoms with van der Waals surface area (Å²) in [7, 11) is 5.03. The number of carbonyl (C=O) groups is 2. The quantitative estimate of drug-likeness (QED) is 0.805. The molecule has 0 bridgehead atoms. The fourth-order valence-corrected chi connectivity index (χ4v) is 3.29. The molecule has 0 saturated carbocycles. The Bertz CT molecular complexity index is 864. The van der Waals surface area contributed by atoms with Crippen molar-refractivity contribution in [2.24, 2.45) is 0 Å². The summed E-state index contributed by atoms with van der Waals surface area (Å²) in [6.07, 6.45) is 1.77. The van der Waals surface area contributed by atoms with Gasteiger partial charge in [-0.05, 0) is 38.0 Å². The molecule has 9 heteroatoms. The van der Waals surface area contributed by atoms with Crippen molar-refractivity contribution in [1.82, 2.24) is 15.0 Å². The monoisotopic (exact) mass is 387 g/mol. The Morgan fingerprint density at radius 3 is 2.79 bits per heavy atom. The Labute approximate surface area is 163 Å². The summed E-state index contributed by atoms with van der Waals surface area (Å²) in [5.41, 5.74) is 1.77. The fraction of sp³-hybridized carbons (Fsp3) is 0.474. The molecule has 1 aromatic carbocycles. The van der Waals surface area contributed by atoms with Gasteiger partial charge in [-0.3, -0.25) is 0 Å². The molecule has 1 saturated heterocycles. The molecule has 0 unspecified atom stereocenters. The van der Waals surface area contributed by atoms with Crippen molar-refractivity contribution in [2.75, 3.05) is 44.5 Å². The van der Waals surface area contributed by atoms with Gasteiger partial charge in [-0.1, -0.05) is 5.16 Å². The summed E-state index contributed by atoms with van der Waals surface area (Å²) in [6, 6.07) is 4.84. The lowest BCUT2D eigenvalue weighted by atomic mass is 9.98. The third kappa shape index (κ3) is 4.24. The first kappa shape index (κ1) is 19.7. The summed E-state index contributed by atoms with van der Waals surface area (Å²) < 4.78 is 10.0. The molecule has 0 aliphatic carbocycles. The van der Waals surface area contributed by atoms with Gasteiger partial charge in [0.2, 0.25) is 5.89 Å². The number of benzene rings is 1. The summed E-state index contributed by atoms with van der Waals surface area (Å²) >= 11 is 0. The van der Waals surface area contributed by atoms with E-state index >= 15 is 0 Å². The van der Waals surface area contributed by atoms with E-state index in [2.05, 4.69) is 15.5 Å². The highest BCUT2D eigenvalue weighted by atomic mass is 16.5. The van der Waals surface area contributed by atoms with Crippen molar-refractivity contribution < 1.29 is 18.8 Å². The lowest BCUT2D eigenvalue weighted by Crippen LogP contribution is -2.41. The maximum absolute atomic E-state index is 12.8. The molecule has 150 valence electrons. The van der Waals surface area contributed by atoms with E-state index in [1.807, 2.05) is 19.0 Å². The van der Waals surface area contributed by atoms with Crippen molar-refractivity contribution in [3.05, 3.63) is 35.5 Å². The van der Waals surface area contributed by atoms with E-state index in [-0.39, 0.29) is 11.9 Å². The van der Waals surface area contributed by atoms with Gasteiger partial charge >= 0.3 is 12.0 Å². The number of methoxy groups -OCH3 is 1. The molecule has 2 heterocycles. The van der Waals surface area contributed by atoms with Gasteiger partial charge in [0.1, 0.15) is 0 Å². The van der Waals surface area contributed by atoms with Gasteiger partial charge in [0.15, 0.2) is 5.82 Å². The minimum absolute atomic E-state index is 0.0377. The van der Waals surface area contributed by atoms with Crippen LogP contribution < -0.4 is 10.2 Å². The smallest absolute Gasteiger partial charge is 0.337 e. The number of carbonyl (C=O) groups excluding carboxylic acids is 2. The van der Waals surface area contributed by atoms with Crippen molar-refractivity contribution in [3.8, 4) is 0 Å². The van der Waals surface area contributed by atoms with Gasteiger partial charge in [-0.25, -0.2) is 9.59 Å². The maximum Gasteiger partial charge on any atom is 0.337 e. The highest BCUT2D eigenvalue weighted by molar-refractivity contribution is 5.97. The maximum atomic E-state index is 12.8. The number of rotatable bonds is 4. The first-order valence-electron chi connectivity index (χ1n) is 9.15. The van der Waals surface area contributed by atoms with E-state index in [4.69, 9.17) is 9.26 Å². The Hall–Kier alpha value is -3.10. The standard InChI is InChI=1S/C19H25N5O4/c1-12-20-17(28-22-12)14-6-5-9-24(11-14)19(26)21-15-8-7-13(18(25)27-4)10-16(15)23(2)3/h7-8,10,14H,5-6,9,11H2,1-4H3,(H,21,26)/t14-/m1/s1. The number of aryl methyl sites for hydroxylation is 1. The molecule has 2 amide bonds. The molecule has 1 aromatic heterocycles. The van der Waals surface area contributed by atoms with Gasteiger partial charge in [0.05, 0.1) is 30.0 Å². The third-order valence-electron chi connectivity index (χ3n) is 4.74. The normalized spacial score (nSPS) is 16.6. The van der Waals surface area contributed by atoms with Gasteiger partial charge < -0.3 is 24.4 Å². The number of esters is 1. The Balaban J connectivity index is 1.74. The number of amides is 2. The average molecular weight is 387 g/mol. The number of aromatic nitrogens is 2. The Morgan fingerprint density at radius 1 is 1.36 bits per heavy atom. The molecule has 0 radical (unpaired) electrons. The molecule has 3 rings (SSSR count). The molecule has 28 heavy (non-hydrogen) atoms. The van der Waals surface area contributed by atoms with Crippen LogP contribution in [0.1, 0.15) is 40.8 Å². The average Bonchev–Trinajstić information content (AvgIpc) is 3.14. The first-order valence-corrected chi connectivity index (χ1v) is 9.15. The molecule has 1 fully saturated rings. The van der Waals surface area contributed by atoms with E-state index in [0.29, 0.717) is 36.1 Å². The van der Waals surface area contributed by atoms with Crippen LogP contribution in [0.3, 0.4) is 0 Å². The summed E-state index contributed by atoms with van der Waals surface area (Å²) in [6.45, 7) is 2.96. The highest BCUT2D eigenvalue weighted by Crippen LogP contribution is 2.29. The van der Waals surface area contributed by atoms with E-state index in [9.17, 15) is 9.59 Å². The van der Waals surface area contributed by atoms with Crippen LogP contribution in [0.25, 0.3) is 0 Å². The summed E-state index contributed by atoms with van der Waals surface area (Å²) in [5, 5.41) is 6.79. The Kier molecular flexibility index (Phi) is 5.81. The summed E-state index contributed by atoms with van der Waals surface area (Å²) in [4.78, 5) is 32.5. The first-order chi connectivity index (χ1) is 13.4. The zero-order chi connectivity index (χ0) is 20.3. The minimum atomic E-state index is -0.422. The second-order valence-corrected chi connectivity index (χ2v) is 7.01. The van der Waals surface area contributed by atoms with Crippen molar-refractivity contribution in [1.29, 1.82) is 0 Å². The topological polar surface area (TPSA) is 101 Å². The number of likely N-dealkylation sites (tertiary alicyclic amines) is 1. The lowest BCUT2D eigenvalue weighted by Gasteiger charge is -2.31. The van der Waals surface area contributed by atoms with Crippen molar-refractivity contribution in [3.63, 3.8) is 0 Å². The van der Waals surface area contributed by atoms with Crippen molar-refractivity contribution in [2.45, 2.75) is 25.7 Å². The van der Waals surface area contributed by atoms with Gasteiger partial charge in [-0.2, -0.15) is 4.98 Å². The fourth-order valence-electron chi connectivity index (χ4n) is 3.29. The number of hydrogen-bond acceptors (Lipinski definition) is 7. The molecule has 9 nitrogen and oxygen atoms in total. The van der Waals surface area contributed by atoms with E-state index < -0.39 is 5.97 Å². The molecule has 1 aliphatic heterocycles. The van der Waals surface area contributed by atoms with Crippen LogP contribution >= 0.6 is 0 Å². The molecule has 1 N–H and O–H groups in total. The third-order valence-corrected chi connectivity index (χ3v) is 4.74. The SMILES string of the molecule is COC(=O)c1ccc(NC(=O)N2CCC[C@@H](c3nc(C)no3)C2)c(N(C)C)c1. The molecule has 2 aromatic rings. The van der Waals surface area contributed by atoms with Crippen LogP contribution in [0.5, 0.6) is 0 Å². The van der Waals surface area contributed by atoms with Crippen LogP contribution in [0, 0.1) is 6.92 Å². The van der Waals surface area contributed by atoms with Gasteiger partial charge in [0.25, 0.3) is 0 Å². The number of urea groups is 1. The number of ether oxygens (including phenoxy) is 1. The van der Waals surface area contributed by atoms with Crippen molar-refractivity contribution >= 4 is 23.4 Å². The molecule has 1 atom stereocenters. The zero-order valence-electron chi connectivity index (χ0n) is 16.6. The van der Waals surface area contributed by atoms with Crippen LogP contribution in [0.2, 0.25) is 0 Å². The van der Waals surface area contributed by atoms with E-state index in [1.165, 1.54) is 7.11 Å². The van der Waals surface area contributed by atoms with Crippen LogP contribution in [-0.2, 0) is 4.74 Å². The van der Waals surface area contributed by atoms with Gasteiger partial charge in [-0.15, -0.1) is 0 Å². The van der Waals surface area contributed by atoms with Gasteiger partial charge in [0, 0.05) is 27.2 Å². The second kappa shape index (κ2) is 8.28. The Morgan fingerprint density at radius 2 is 2.14 bits per heavy atom. The lowest BCUT2D eigenvalue weighted by molar-refractivity contribution is 0.0601. The minimum Gasteiger partial charge on any atom is -0.465 e. The van der Waals surface area contributed by atoms with Crippen LogP contribution in [0.15, 0.2) is 22.7 Å². The van der Waals surface area contributed by atoms with E-state index in [0.717, 1.165) is 18.5 Å². The largest absolute Gasteiger partial charge is 0.465 e. The number of anilines is 2. The van der Waals surface area contributed by atoms with Crippen LogP contribution in [-0.4, -0.2) is 61.3 Å². The molecular formula is C19H25N5O4. The van der Waals surface area contributed by atoms with Crippen LogP contribution in [0.4, 0.5) is 16.2 Å². The second-order valence-electron chi connectivity index (χ2n) is 7.01. The predicted octanol–water partition coefficient (Wildman–Crippen LogP) is 2.64. The van der Waals surface area contributed by atoms with E-state index in [1.54, 1.807) is 30.0 Å². The predicted molar refractivity (Wildman–Crippen MR) is 104 cm³/mol. The summed E-state index contributed by atoms with van der Waals surface area (Å²) in [5.74, 6) is 0.787. The molecule has 0 spiro atoms. The molecular weight excluding hydrogens is 362 g/mol. The molecule has 1 aliphatic rings. The zero-order valence-corrected chi connectivity index (χ0v) is 16.6.